The Morgan fingerprint density at radius 1 is 1.40 bits per heavy atom. The zero-order valence-corrected chi connectivity index (χ0v) is 10.7. The third-order valence-electron chi connectivity index (χ3n) is 2.77. The fraction of sp³-hybridized carbons (Fsp3) is 1.00. The van der Waals surface area contributed by atoms with Crippen LogP contribution in [0.5, 0.6) is 0 Å². The highest BCUT2D eigenvalue weighted by atomic mass is 16.5. The average Bonchev–Trinajstić information content (AvgIpc) is 2.11. The molecule has 1 rings (SSSR count). The molecule has 1 aliphatic rings. The summed E-state index contributed by atoms with van der Waals surface area (Å²) in [5.74, 6) is 0. The van der Waals surface area contributed by atoms with Gasteiger partial charge >= 0.3 is 0 Å². The Hall–Kier alpha value is -0.120. The summed E-state index contributed by atoms with van der Waals surface area (Å²) in [7, 11) is 2.16. The molecule has 0 radical (unpaired) electrons. The Kier molecular flexibility index (Phi) is 5.03. The van der Waals surface area contributed by atoms with Gasteiger partial charge in [0.25, 0.3) is 0 Å². The molecule has 0 bridgehead atoms. The van der Waals surface area contributed by atoms with E-state index in [1.165, 1.54) is 6.42 Å². The number of morpholine rings is 1. The molecule has 0 saturated carbocycles. The van der Waals surface area contributed by atoms with Crippen LogP contribution in [0.4, 0.5) is 0 Å². The molecule has 0 aromatic heterocycles. The molecule has 1 N–H and O–H groups in total. The lowest BCUT2D eigenvalue weighted by Gasteiger charge is -2.30. The molecule has 1 heterocycles. The van der Waals surface area contributed by atoms with Gasteiger partial charge in [-0.15, -0.1) is 0 Å². The summed E-state index contributed by atoms with van der Waals surface area (Å²) in [6.07, 6.45) is 1.60. The van der Waals surface area contributed by atoms with Gasteiger partial charge in [0, 0.05) is 19.6 Å². The van der Waals surface area contributed by atoms with Gasteiger partial charge in [-0.3, -0.25) is 0 Å². The predicted molar refractivity (Wildman–Crippen MR) is 64.2 cm³/mol. The van der Waals surface area contributed by atoms with Crippen molar-refractivity contribution in [3.05, 3.63) is 0 Å². The monoisotopic (exact) mass is 214 g/mol. The Bertz CT molecular complexity index is 177. The maximum absolute atomic E-state index is 5.68. The Morgan fingerprint density at radius 3 is 2.73 bits per heavy atom. The molecule has 1 unspecified atom stereocenters. The van der Waals surface area contributed by atoms with Crippen LogP contribution in [0.15, 0.2) is 0 Å². The van der Waals surface area contributed by atoms with Gasteiger partial charge in [-0.2, -0.15) is 0 Å². The van der Waals surface area contributed by atoms with E-state index in [-0.39, 0.29) is 0 Å². The highest BCUT2D eigenvalue weighted by Gasteiger charge is 2.17. The van der Waals surface area contributed by atoms with Crippen molar-refractivity contribution < 1.29 is 4.74 Å². The first kappa shape index (κ1) is 12.9. The van der Waals surface area contributed by atoms with Crippen LogP contribution in [0.2, 0.25) is 0 Å². The Labute approximate surface area is 94.2 Å². The molecule has 90 valence electrons. The summed E-state index contributed by atoms with van der Waals surface area (Å²) in [6, 6.07) is 0. The van der Waals surface area contributed by atoms with Crippen molar-refractivity contribution in [2.24, 2.45) is 5.41 Å². The van der Waals surface area contributed by atoms with Crippen LogP contribution in [-0.2, 0) is 4.74 Å². The number of hydrogen-bond donors (Lipinski definition) is 1. The highest BCUT2D eigenvalue weighted by Crippen LogP contribution is 2.16. The lowest BCUT2D eigenvalue weighted by Crippen LogP contribution is -2.45. The van der Waals surface area contributed by atoms with Gasteiger partial charge in [0.15, 0.2) is 0 Å². The van der Waals surface area contributed by atoms with Crippen LogP contribution in [-0.4, -0.2) is 50.8 Å². The van der Waals surface area contributed by atoms with E-state index in [1.807, 2.05) is 0 Å². The molecular weight excluding hydrogens is 188 g/mol. The fourth-order valence-corrected chi connectivity index (χ4v) is 1.72. The van der Waals surface area contributed by atoms with Crippen molar-refractivity contribution in [2.75, 3.05) is 39.8 Å². The van der Waals surface area contributed by atoms with Gasteiger partial charge in [-0.25, -0.2) is 0 Å². The molecule has 15 heavy (non-hydrogen) atoms. The summed E-state index contributed by atoms with van der Waals surface area (Å²) in [5, 5.41) is 3.48. The number of hydrogen-bond acceptors (Lipinski definition) is 3. The second kappa shape index (κ2) is 5.83. The van der Waals surface area contributed by atoms with Crippen molar-refractivity contribution in [3.8, 4) is 0 Å². The molecule has 0 amide bonds. The van der Waals surface area contributed by atoms with E-state index in [9.17, 15) is 0 Å². The number of ether oxygens (including phenoxy) is 1. The molecule has 0 spiro atoms. The average molecular weight is 214 g/mol. The molecule has 3 heteroatoms. The van der Waals surface area contributed by atoms with Crippen molar-refractivity contribution >= 4 is 0 Å². The molecule has 1 fully saturated rings. The largest absolute Gasteiger partial charge is 0.374 e. The first-order valence-electron chi connectivity index (χ1n) is 5.98. The second-order valence-electron chi connectivity index (χ2n) is 5.77. The number of rotatable bonds is 4. The maximum Gasteiger partial charge on any atom is 0.0826 e. The van der Waals surface area contributed by atoms with E-state index < -0.39 is 0 Å². The molecule has 0 aromatic rings. The standard InChI is InChI=1S/C12H26N2O/c1-12(2,3)5-6-13-9-11-10-14(4)7-8-15-11/h11,13H,5-10H2,1-4H3. The third kappa shape index (κ3) is 6.13. The molecule has 0 aliphatic carbocycles. The normalized spacial score (nSPS) is 24.4. The third-order valence-corrected chi connectivity index (χ3v) is 2.77. The lowest BCUT2D eigenvalue weighted by atomic mass is 9.92. The predicted octanol–water partition coefficient (Wildman–Crippen LogP) is 1.34. The Balaban J connectivity index is 2.04. The summed E-state index contributed by atoms with van der Waals surface area (Å²) >= 11 is 0. The Morgan fingerprint density at radius 2 is 2.13 bits per heavy atom. The lowest BCUT2D eigenvalue weighted by molar-refractivity contribution is -0.0182. The number of nitrogens with zero attached hydrogens (tertiary/aromatic N) is 1. The van der Waals surface area contributed by atoms with E-state index in [2.05, 4.69) is 38.0 Å². The quantitative estimate of drug-likeness (QED) is 0.715. The summed E-state index contributed by atoms with van der Waals surface area (Å²) in [6.45, 7) is 11.9. The highest BCUT2D eigenvalue weighted by molar-refractivity contribution is 4.72. The van der Waals surface area contributed by atoms with Gasteiger partial charge in [0.05, 0.1) is 12.7 Å². The van der Waals surface area contributed by atoms with E-state index in [0.717, 1.165) is 32.8 Å². The minimum absolute atomic E-state index is 0.378. The SMILES string of the molecule is CN1CCOC(CNCCC(C)(C)C)C1. The maximum atomic E-state index is 5.68. The van der Waals surface area contributed by atoms with Gasteiger partial charge in [0.2, 0.25) is 0 Å². The molecule has 3 nitrogen and oxygen atoms in total. The van der Waals surface area contributed by atoms with E-state index >= 15 is 0 Å². The molecule has 1 saturated heterocycles. The topological polar surface area (TPSA) is 24.5 Å². The minimum Gasteiger partial charge on any atom is -0.374 e. The van der Waals surface area contributed by atoms with E-state index in [4.69, 9.17) is 4.74 Å². The van der Waals surface area contributed by atoms with Gasteiger partial charge in [-0.1, -0.05) is 20.8 Å². The van der Waals surface area contributed by atoms with Crippen molar-refractivity contribution in [1.82, 2.24) is 10.2 Å². The molecule has 1 atom stereocenters. The molecular formula is C12H26N2O. The van der Waals surface area contributed by atoms with Gasteiger partial charge in [-0.05, 0) is 25.4 Å². The van der Waals surface area contributed by atoms with Crippen molar-refractivity contribution in [2.45, 2.75) is 33.3 Å². The van der Waals surface area contributed by atoms with E-state index in [1.54, 1.807) is 0 Å². The van der Waals surface area contributed by atoms with Crippen LogP contribution >= 0.6 is 0 Å². The van der Waals surface area contributed by atoms with Crippen LogP contribution in [0.3, 0.4) is 0 Å². The number of likely N-dealkylation sites (N-methyl/N-ethyl adjacent to an activating group) is 1. The molecule has 1 aliphatic heterocycles. The number of nitrogens with one attached hydrogen (secondary N) is 1. The zero-order chi connectivity index (χ0) is 11.3. The first-order valence-corrected chi connectivity index (χ1v) is 5.98. The van der Waals surface area contributed by atoms with Gasteiger partial charge in [0.1, 0.15) is 0 Å². The first-order chi connectivity index (χ1) is 6.97. The van der Waals surface area contributed by atoms with Crippen molar-refractivity contribution in [1.29, 1.82) is 0 Å². The summed E-state index contributed by atoms with van der Waals surface area (Å²) < 4.78 is 5.68. The fourth-order valence-electron chi connectivity index (χ4n) is 1.72. The van der Waals surface area contributed by atoms with Crippen LogP contribution in [0, 0.1) is 5.41 Å². The summed E-state index contributed by atoms with van der Waals surface area (Å²) in [5.41, 5.74) is 0.428. The van der Waals surface area contributed by atoms with Crippen LogP contribution in [0.1, 0.15) is 27.2 Å². The van der Waals surface area contributed by atoms with Crippen molar-refractivity contribution in [3.63, 3.8) is 0 Å². The second-order valence-corrected chi connectivity index (χ2v) is 5.77. The zero-order valence-electron chi connectivity index (χ0n) is 10.7. The molecule has 0 aromatic carbocycles. The minimum atomic E-state index is 0.378. The van der Waals surface area contributed by atoms with Crippen LogP contribution < -0.4 is 5.32 Å². The van der Waals surface area contributed by atoms with E-state index in [0.29, 0.717) is 11.5 Å². The van der Waals surface area contributed by atoms with Crippen LogP contribution in [0.25, 0.3) is 0 Å². The smallest absolute Gasteiger partial charge is 0.0826 e. The summed E-state index contributed by atoms with van der Waals surface area (Å²) in [4.78, 5) is 2.33. The van der Waals surface area contributed by atoms with Gasteiger partial charge < -0.3 is 15.0 Å².